The molecule has 0 fully saturated rings. The van der Waals surface area contributed by atoms with E-state index in [2.05, 4.69) is 34.1 Å². The fourth-order valence-corrected chi connectivity index (χ4v) is 3.44. The van der Waals surface area contributed by atoms with E-state index in [1.54, 1.807) is 0 Å². The zero-order valence-corrected chi connectivity index (χ0v) is 16.2. The summed E-state index contributed by atoms with van der Waals surface area (Å²) in [7, 11) is 0. The molecule has 0 saturated carbocycles. The maximum atomic E-state index is 6.23. The maximum Gasteiger partial charge on any atom is 0.124 e. The molecule has 0 amide bonds. The Balaban J connectivity index is 1.58. The lowest BCUT2D eigenvalue weighted by Crippen LogP contribution is -2.17. The number of rotatable bonds is 6. The maximum absolute atomic E-state index is 6.23. The van der Waals surface area contributed by atoms with Crippen molar-refractivity contribution in [2.45, 2.75) is 19.6 Å². The lowest BCUT2D eigenvalue weighted by Gasteiger charge is -2.11. The van der Waals surface area contributed by atoms with E-state index in [1.807, 2.05) is 48.5 Å². The summed E-state index contributed by atoms with van der Waals surface area (Å²) in [6.45, 7) is 2.18. The molecule has 0 saturated heterocycles. The van der Waals surface area contributed by atoms with Crippen molar-refractivity contribution >= 4 is 34.2 Å². The fourth-order valence-electron chi connectivity index (χ4n) is 3.14. The van der Waals surface area contributed by atoms with Gasteiger partial charge in [0.25, 0.3) is 0 Å². The average Bonchev–Trinajstić information content (AvgIpc) is 3.01. The zero-order valence-electron chi connectivity index (χ0n) is 14.7. The van der Waals surface area contributed by atoms with Crippen molar-refractivity contribution in [3.8, 4) is 0 Å². The molecule has 1 aromatic heterocycles. The van der Waals surface area contributed by atoms with Gasteiger partial charge >= 0.3 is 0 Å². The summed E-state index contributed by atoms with van der Waals surface area (Å²) >= 11 is 12.2. The van der Waals surface area contributed by atoms with Crippen LogP contribution >= 0.6 is 23.2 Å². The van der Waals surface area contributed by atoms with Crippen molar-refractivity contribution in [3.63, 3.8) is 0 Å². The molecule has 136 valence electrons. The van der Waals surface area contributed by atoms with Crippen LogP contribution in [0.3, 0.4) is 0 Å². The minimum Gasteiger partial charge on any atom is -0.322 e. The number of aromatic nitrogens is 2. The summed E-state index contributed by atoms with van der Waals surface area (Å²) in [6, 6.07) is 24.1. The van der Waals surface area contributed by atoms with E-state index in [0.717, 1.165) is 40.0 Å². The SMILES string of the molecule is Clc1ccc(CNCc2nc3ccc(Cl)cc3n2Cc2ccccc2)cc1. The summed E-state index contributed by atoms with van der Waals surface area (Å²) in [6.07, 6.45) is 0. The number of nitrogens with zero attached hydrogens (tertiary/aromatic N) is 2. The highest BCUT2D eigenvalue weighted by Crippen LogP contribution is 2.22. The van der Waals surface area contributed by atoms with Crippen LogP contribution in [0, 0.1) is 0 Å². The molecule has 27 heavy (non-hydrogen) atoms. The third-order valence-corrected chi connectivity index (χ3v) is 4.99. The Kier molecular flexibility index (Phi) is 5.44. The summed E-state index contributed by atoms with van der Waals surface area (Å²) in [4.78, 5) is 4.82. The topological polar surface area (TPSA) is 29.9 Å². The van der Waals surface area contributed by atoms with Gasteiger partial charge < -0.3 is 9.88 Å². The lowest BCUT2D eigenvalue weighted by atomic mass is 10.2. The number of halogens is 2. The molecule has 5 heteroatoms. The minimum absolute atomic E-state index is 0.668. The molecule has 1 heterocycles. The number of fused-ring (bicyclic) bond motifs is 1. The smallest absolute Gasteiger partial charge is 0.124 e. The van der Waals surface area contributed by atoms with Gasteiger partial charge in [0.05, 0.1) is 17.6 Å². The third kappa shape index (κ3) is 4.33. The van der Waals surface area contributed by atoms with Crippen molar-refractivity contribution in [1.29, 1.82) is 0 Å². The third-order valence-electron chi connectivity index (χ3n) is 4.50. The molecule has 4 rings (SSSR count). The van der Waals surface area contributed by atoms with Crippen molar-refractivity contribution in [1.82, 2.24) is 14.9 Å². The molecule has 1 N–H and O–H groups in total. The van der Waals surface area contributed by atoms with E-state index < -0.39 is 0 Å². The highest BCUT2D eigenvalue weighted by Gasteiger charge is 2.11. The second kappa shape index (κ2) is 8.13. The average molecular weight is 396 g/mol. The molecule has 3 nitrogen and oxygen atoms in total. The normalized spacial score (nSPS) is 11.2. The summed E-state index contributed by atoms with van der Waals surface area (Å²) in [5.74, 6) is 0.991. The number of hydrogen-bond acceptors (Lipinski definition) is 2. The largest absolute Gasteiger partial charge is 0.322 e. The summed E-state index contributed by atoms with van der Waals surface area (Å²) < 4.78 is 2.23. The molecule has 3 aromatic carbocycles. The second-order valence-electron chi connectivity index (χ2n) is 6.46. The standard InChI is InChI=1S/C22H19Cl2N3/c23-18-8-6-16(7-9-18)13-25-14-22-26-20-11-10-19(24)12-21(20)27(22)15-17-4-2-1-3-5-17/h1-12,25H,13-15H2. The van der Waals surface area contributed by atoms with E-state index in [4.69, 9.17) is 28.2 Å². The van der Waals surface area contributed by atoms with Crippen LogP contribution in [0.15, 0.2) is 72.8 Å². The van der Waals surface area contributed by atoms with Gasteiger partial charge in [-0.05, 0) is 41.5 Å². The monoisotopic (exact) mass is 395 g/mol. The highest BCUT2D eigenvalue weighted by molar-refractivity contribution is 6.31. The van der Waals surface area contributed by atoms with E-state index in [-0.39, 0.29) is 0 Å². The first kappa shape index (κ1) is 18.1. The second-order valence-corrected chi connectivity index (χ2v) is 7.34. The first-order valence-corrected chi connectivity index (χ1v) is 9.58. The molecule has 0 unspecified atom stereocenters. The number of imidazole rings is 1. The van der Waals surface area contributed by atoms with Crippen molar-refractivity contribution in [3.05, 3.63) is 99.8 Å². The first-order chi connectivity index (χ1) is 13.2. The number of hydrogen-bond donors (Lipinski definition) is 1. The van der Waals surface area contributed by atoms with Crippen molar-refractivity contribution < 1.29 is 0 Å². The Morgan fingerprint density at radius 2 is 1.52 bits per heavy atom. The lowest BCUT2D eigenvalue weighted by molar-refractivity contribution is 0.628. The van der Waals surface area contributed by atoms with Gasteiger partial charge in [-0.15, -0.1) is 0 Å². The predicted molar refractivity (Wildman–Crippen MR) is 112 cm³/mol. The van der Waals surface area contributed by atoms with Crippen LogP contribution in [0.25, 0.3) is 11.0 Å². The van der Waals surface area contributed by atoms with Crippen LogP contribution in [0.4, 0.5) is 0 Å². The van der Waals surface area contributed by atoms with E-state index >= 15 is 0 Å². The summed E-state index contributed by atoms with van der Waals surface area (Å²) in [5.41, 5.74) is 4.43. The Morgan fingerprint density at radius 3 is 2.30 bits per heavy atom. The molecule has 4 aromatic rings. The van der Waals surface area contributed by atoms with Gasteiger partial charge in [-0.1, -0.05) is 65.7 Å². The molecule has 0 atom stereocenters. The molecule has 0 bridgehead atoms. The van der Waals surface area contributed by atoms with Crippen LogP contribution in [0.1, 0.15) is 17.0 Å². The Bertz CT molecular complexity index is 1040. The molecule has 0 aliphatic heterocycles. The predicted octanol–water partition coefficient (Wildman–Crippen LogP) is 5.68. The van der Waals surface area contributed by atoms with Crippen molar-refractivity contribution in [2.75, 3.05) is 0 Å². The summed E-state index contributed by atoms with van der Waals surface area (Å²) in [5, 5.41) is 4.95. The van der Waals surface area contributed by atoms with Gasteiger partial charge in [0.2, 0.25) is 0 Å². The fraction of sp³-hybridized carbons (Fsp3) is 0.136. The number of benzene rings is 3. The van der Waals surface area contributed by atoms with E-state index in [9.17, 15) is 0 Å². The molecule has 0 spiro atoms. The van der Waals surface area contributed by atoms with Crippen LogP contribution in [-0.2, 0) is 19.6 Å². The Morgan fingerprint density at radius 1 is 0.778 bits per heavy atom. The quantitative estimate of drug-likeness (QED) is 0.454. The number of nitrogens with one attached hydrogen (secondary N) is 1. The van der Waals surface area contributed by atoms with Crippen LogP contribution < -0.4 is 5.32 Å². The highest BCUT2D eigenvalue weighted by atomic mass is 35.5. The molecular formula is C22H19Cl2N3. The van der Waals surface area contributed by atoms with Gasteiger partial charge in [-0.2, -0.15) is 0 Å². The van der Waals surface area contributed by atoms with Gasteiger partial charge in [0.15, 0.2) is 0 Å². The van der Waals surface area contributed by atoms with Gasteiger partial charge in [-0.3, -0.25) is 0 Å². The van der Waals surface area contributed by atoms with Crippen molar-refractivity contribution in [2.24, 2.45) is 0 Å². The zero-order chi connectivity index (χ0) is 18.6. The van der Waals surface area contributed by atoms with E-state index in [0.29, 0.717) is 6.54 Å². The Labute approximate surface area is 168 Å². The van der Waals surface area contributed by atoms with Gasteiger partial charge in [0, 0.05) is 23.1 Å². The molecule has 0 aliphatic rings. The molecule has 0 radical (unpaired) electrons. The molecular weight excluding hydrogens is 377 g/mol. The van der Waals surface area contributed by atoms with Crippen LogP contribution in [0.2, 0.25) is 10.0 Å². The Hall–Kier alpha value is -2.33. The minimum atomic E-state index is 0.668. The molecule has 0 aliphatic carbocycles. The first-order valence-electron chi connectivity index (χ1n) is 8.83. The van der Waals surface area contributed by atoms with E-state index in [1.165, 1.54) is 11.1 Å². The van der Waals surface area contributed by atoms with Crippen LogP contribution in [0.5, 0.6) is 0 Å². The van der Waals surface area contributed by atoms with Gasteiger partial charge in [-0.25, -0.2) is 4.98 Å². The van der Waals surface area contributed by atoms with Gasteiger partial charge in [0.1, 0.15) is 5.82 Å². The van der Waals surface area contributed by atoms with Crippen LogP contribution in [-0.4, -0.2) is 9.55 Å².